The zero-order chi connectivity index (χ0) is 22.0. The van der Waals surface area contributed by atoms with E-state index in [2.05, 4.69) is 27.8 Å². The fraction of sp³-hybridized carbons (Fsp3) is 0.429. The minimum atomic E-state index is -4.74. The highest BCUT2D eigenvalue weighted by Crippen LogP contribution is 2.40. The zero-order valence-electron chi connectivity index (χ0n) is 17.0. The molecule has 1 aliphatic rings. The van der Waals surface area contributed by atoms with Crippen LogP contribution in [0.15, 0.2) is 48.5 Å². The number of halogens is 3. The van der Waals surface area contributed by atoms with E-state index in [1.807, 2.05) is 18.2 Å². The van der Waals surface area contributed by atoms with Crippen LogP contribution in [0.3, 0.4) is 0 Å². The standard InChI is InChI=1S/C21H24F3N6O/c1-31-19-11-10-17(29-27-26-28-30(29)21(22,23)24)13-16(19)12-15-8-5-9-18(25)20(15)14-6-3-2-4-7-14/h2-4,6-7,10-11,13,15,18,20H,5,8-9,12,25H2,1H3/q+1. The number of nitrogens with two attached hydrogens (primary N) is 1. The molecule has 2 N–H and O–H groups in total. The minimum Gasteiger partial charge on any atom is -0.496 e. The number of alkyl halides is 3. The van der Waals surface area contributed by atoms with E-state index in [1.165, 1.54) is 11.6 Å². The molecule has 0 radical (unpaired) electrons. The molecule has 0 bridgehead atoms. The van der Waals surface area contributed by atoms with Gasteiger partial charge in [0.1, 0.15) is 16.7 Å². The van der Waals surface area contributed by atoms with Crippen molar-refractivity contribution in [2.24, 2.45) is 11.7 Å². The van der Waals surface area contributed by atoms with Crippen molar-refractivity contribution in [3.8, 4) is 11.4 Å². The number of aromatic nitrogens is 5. The molecule has 0 amide bonds. The number of ether oxygens (including phenoxy) is 1. The van der Waals surface area contributed by atoms with Crippen LogP contribution in [0.4, 0.5) is 13.2 Å². The lowest BCUT2D eigenvalue weighted by atomic mass is 9.70. The molecule has 0 aliphatic heterocycles. The highest BCUT2D eigenvalue weighted by Gasteiger charge is 2.43. The van der Waals surface area contributed by atoms with E-state index in [9.17, 15) is 13.2 Å². The summed E-state index contributed by atoms with van der Waals surface area (Å²) in [6, 6.07) is 15.0. The Morgan fingerprint density at radius 2 is 1.94 bits per heavy atom. The predicted molar refractivity (Wildman–Crippen MR) is 105 cm³/mol. The van der Waals surface area contributed by atoms with Crippen molar-refractivity contribution in [3.05, 3.63) is 59.7 Å². The number of nitrogens with zero attached hydrogens (tertiary/aromatic N) is 5. The number of rotatable bonds is 5. The summed E-state index contributed by atoms with van der Waals surface area (Å²) >= 11 is 0. The van der Waals surface area contributed by atoms with Gasteiger partial charge in [-0.2, -0.15) is 0 Å². The van der Waals surface area contributed by atoms with E-state index < -0.39 is 6.30 Å². The molecule has 0 spiro atoms. The van der Waals surface area contributed by atoms with E-state index in [1.54, 1.807) is 19.2 Å². The highest BCUT2D eigenvalue weighted by molar-refractivity contribution is 5.43. The van der Waals surface area contributed by atoms with Gasteiger partial charge in [0, 0.05) is 21.6 Å². The first kappa shape index (κ1) is 21.2. The number of methoxy groups -OCH3 is 1. The molecule has 1 aliphatic carbocycles. The van der Waals surface area contributed by atoms with Gasteiger partial charge in [0.15, 0.2) is 0 Å². The monoisotopic (exact) mass is 433 g/mol. The van der Waals surface area contributed by atoms with E-state index in [0.717, 1.165) is 24.8 Å². The lowest BCUT2D eigenvalue weighted by Crippen LogP contribution is -2.56. The molecule has 0 saturated heterocycles. The SMILES string of the molecule is COc1ccc(-n2nnn[n+]2C(F)(F)F)cc1CC1CCCC(N)C1c1ccccc1. The molecule has 1 heterocycles. The van der Waals surface area contributed by atoms with Gasteiger partial charge in [-0.1, -0.05) is 36.8 Å². The molecule has 1 fully saturated rings. The van der Waals surface area contributed by atoms with Gasteiger partial charge in [-0.3, -0.25) is 0 Å². The smallest absolute Gasteiger partial charge is 0.496 e. The third-order valence-corrected chi connectivity index (χ3v) is 5.90. The first-order chi connectivity index (χ1) is 14.9. The van der Waals surface area contributed by atoms with Crippen molar-refractivity contribution in [1.82, 2.24) is 20.4 Å². The summed E-state index contributed by atoms with van der Waals surface area (Å²) in [6.07, 6.45) is -1.17. The van der Waals surface area contributed by atoms with Gasteiger partial charge in [-0.25, -0.2) is 0 Å². The Morgan fingerprint density at radius 3 is 2.65 bits per heavy atom. The molecule has 1 aromatic heterocycles. The Bertz CT molecular complexity index is 1020. The molecular formula is C21H24F3N6O+. The molecule has 164 valence electrons. The molecule has 4 rings (SSSR count). The Balaban J connectivity index is 1.69. The normalized spacial score (nSPS) is 21.8. The summed E-state index contributed by atoms with van der Waals surface area (Å²) in [7, 11) is 1.55. The second kappa shape index (κ2) is 8.62. The summed E-state index contributed by atoms with van der Waals surface area (Å²) in [5.74, 6) is 1.01. The molecule has 3 atom stereocenters. The maximum atomic E-state index is 13.2. The molecular weight excluding hydrogens is 409 g/mol. The maximum Gasteiger partial charge on any atom is 0.580 e. The first-order valence-electron chi connectivity index (χ1n) is 10.1. The van der Waals surface area contributed by atoms with E-state index in [0.29, 0.717) is 17.0 Å². The second-order valence-corrected chi connectivity index (χ2v) is 7.81. The predicted octanol–water partition coefficient (Wildman–Crippen LogP) is 2.89. The summed E-state index contributed by atoms with van der Waals surface area (Å²) in [6.45, 7) is 0. The van der Waals surface area contributed by atoms with Crippen LogP contribution in [-0.4, -0.2) is 33.6 Å². The molecule has 31 heavy (non-hydrogen) atoms. The van der Waals surface area contributed by atoms with Gasteiger partial charge in [0.2, 0.25) is 10.4 Å². The van der Waals surface area contributed by atoms with Crippen LogP contribution in [-0.2, 0) is 12.7 Å². The first-order valence-corrected chi connectivity index (χ1v) is 10.1. The van der Waals surface area contributed by atoms with Crippen molar-refractivity contribution < 1.29 is 22.7 Å². The van der Waals surface area contributed by atoms with Crippen molar-refractivity contribution in [2.75, 3.05) is 7.11 Å². The number of hydrogen-bond donors (Lipinski definition) is 1. The third kappa shape index (κ3) is 4.39. The van der Waals surface area contributed by atoms with Gasteiger partial charge in [-0.15, -0.1) is 13.2 Å². The van der Waals surface area contributed by atoms with E-state index in [-0.39, 0.29) is 28.4 Å². The summed E-state index contributed by atoms with van der Waals surface area (Å²) in [4.78, 5) is 0.423. The molecule has 7 nitrogen and oxygen atoms in total. The number of hydrogen-bond acceptors (Lipinski definition) is 5. The lowest BCUT2D eigenvalue weighted by Gasteiger charge is -2.37. The van der Waals surface area contributed by atoms with Crippen LogP contribution in [0.1, 0.15) is 36.3 Å². The van der Waals surface area contributed by atoms with Gasteiger partial charge in [0.25, 0.3) is 0 Å². The van der Waals surface area contributed by atoms with Crippen LogP contribution in [0.25, 0.3) is 5.69 Å². The Morgan fingerprint density at radius 1 is 1.16 bits per heavy atom. The molecule has 3 unspecified atom stereocenters. The Labute approximate surface area is 177 Å². The third-order valence-electron chi connectivity index (χ3n) is 5.90. The summed E-state index contributed by atoms with van der Waals surface area (Å²) in [5, 5.41) is 9.74. The molecule has 1 saturated carbocycles. The van der Waals surface area contributed by atoms with Crippen molar-refractivity contribution in [2.45, 2.75) is 43.9 Å². The van der Waals surface area contributed by atoms with Crippen LogP contribution < -0.4 is 15.3 Å². The fourth-order valence-corrected chi connectivity index (χ4v) is 4.57. The van der Waals surface area contributed by atoms with Gasteiger partial charge < -0.3 is 10.5 Å². The van der Waals surface area contributed by atoms with E-state index >= 15 is 0 Å². The Hall–Kier alpha value is -3.01. The topological polar surface area (TPSA) is 82.7 Å². The van der Waals surface area contributed by atoms with Gasteiger partial charge >= 0.3 is 6.30 Å². The average molecular weight is 433 g/mol. The van der Waals surface area contributed by atoms with Crippen LogP contribution in [0, 0.1) is 5.92 Å². The van der Waals surface area contributed by atoms with Crippen molar-refractivity contribution >= 4 is 0 Å². The van der Waals surface area contributed by atoms with Gasteiger partial charge in [0.05, 0.1) is 7.11 Å². The zero-order valence-corrected chi connectivity index (χ0v) is 17.0. The quantitative estimate of drug-likeness (QED) is 0.626. The lowest BCUT2D eigenvalue weighted by molar-refractivity contribution is -0.948. The fourth-order valence-electron chi connectivity index (χ4n) is 4.57. The number of benzene rings is 2. The minimum absolute atomic E-state index is 0.0298. The Kier molecular flexibility index (Phi) is 5.90. The van der Waals surface area contributed by atoms with Crippen LogP contribution in [0.2, 0.25) is 0 Å². The van der Waals surface area contributed by atoms with Gasteiger partial charge in [-0.05, 0) is 54.5 Å². The average Bonchev–Trinajstić information content (AvgIpc) is 3.25. The second-order valence-electron chi connectivity index (χ2n) is 7.81. The highest BCUT2D eigenvalue weighted by atomic mass is 19.4. The summed E-state index contributed by atoms with van der Waals surface area (Å²) < 4.78 is 45.2. The van der Waals surface area contributed by atoms with E-state index in [4.69, 9.17) is 10.5 Å². The molecule has 10 heteroatoms. The summed E-state index contributed by atoms with van der Waals surface area (Å²) in [5.41, 5.74) is 8.69. The van der Waals surface area contributed by atoms with Crippen molar-refractivity contribution in [1.29, 1.82) is 0 Å². The van der Waals surface area contributed by atoms with Crippen molar-refractivity contribution in [3.63, 3.8) is 0 Å². The molecule has 2 aromatic carbocycles. The molecule has 3 aromatic rings. The maximum absolute atomic E-state index is 13.2. The largest absolute Gasteiger partial charge is 0.580 e. The van der Waals surface area contributed by atoms with Crippen LogP contribution in [0.5, 0.6) is 5.75 Å². The van der Waals surface area contributed by atoms with Crippen LogP contribution >= 0.6 is 0 Å².